The summed E-state index contributed by atoms with van der Waals surface area (Å²) >= 11 is 1.78. The highest BCUT2D eigenvalue weighted by atomic mass is 32.1. The molecule has 17 heavy (non-hydrogen) atoms. The van der Waals surface area contributed by atoms with Crippen LogP contribution in [-0.4, -0.2) is 36.7 Å². The van der Waals surface area contributed by atoms with E-state index in [9.17, 15) is 0 Å². The zero-order valence-corrected chi connectivity index (χ0v) is 11.8. The van der Waals surface area contributed by atoms with Crippen LogP contribution >= 0.6 is 11.3 Å². The number of nitrogens with zero attached hydrogens (tertiary/aromatic N) is 2. The highest BCUT2D eigenvalue weighted by Gasteiger charge is 2.18. The number of hydrogen-bond donors (Lipinski definition) is 0. The standard InChI is InChI=1S/C13H22N2OS/c1-10(2)13-14-12(9-17-13)7-15(3)6-11-4-5-16-8-11/h9-11H,4-8H2,1-3H3/t11-/m1/s1. The van der Waals surface area contributed by atoms with Crippen molar-refractivity contribution in [1.29, 1.82) is 0 Å². The van der Waals surface area contributed by atoms with Crippen molar-refractivity contribution in [3.8, 4) is 0 Å². The summed E-state index contributed by atoms with van der Waals surface area (Å²) in [6, 6.07) is 0. The van der Waals surface area contributed by atoms with Crippen LogP contribution in [0.2, 0.25) is 0 Å². The Balaban J connectivity index is 1.82. The highest BCUT2D eigenvalue weighted by Crippen LogP contribution is 2.20. The van der Waals surface area contributed by atoms with Gasteiger partial charge in [-0.3, -0.25) is 0 Å². The van der Waals surface area contributed by atoms with Crippen molar-refractivity contribution in [3.05, 3.63) is 16.1 Å². The maximum absolute atomic E-state index is 5.40. The average molecular weight is 254 g/mol. The molecule has 1 aromatic rings. The lowest BCUT2D eigenvalue weighted by Crippen LogP contribution is -2.25. The van der Waals surface area contributed by atoms with Gasteiger partial charge < -0.3 is 9.64 Å². The summed E-state index contributed by atoms with van der Waals surface area (Å²) < 4.78 is 5.40. The fourth-order valence-electron chi connectivity index (χ4n) is 2.17. The molecule has 0 unspecified atom stereocenters. The Morgan fingerprint density at radius 3 is 3.00 bits per heavy atom. The molecule has 96 valence electrons. The molecule has 0 aromatic carbocycles. The molecule has 1 saturated heterocycles. The molecule has 1 aromatic heterocycles. The van der Waals surface area contributed by atoms with E-state index >= 15 is 0 Å². The number of rotatable bonds is 5. The van der Waals surface area contributed by atoms with Crippen LogP contribution in [-0.2, 0) is 11.3 Å². The van der Waals surface area contributed by atoms with Gasteiger partial charge in [0.2, 0.25) is 0 Å². The van der Waals surface area contributed by atoms with Crippen molar-refractivity contribution < 1.29 is 4.74 Å². The second kappa shape index (κ2) is 5.94. The monoisotopic (exact) mass is 254 g/mol. The van der Waals surface area contributed by atoms with Crippen molar-refractivity contribution in [3.63, 3.8) is 0 Å². The lowest BCUT2D eigenvalue weighted by molar-refractivity contribution is 0.172. The number of ether oxygens (including phenoxy) is 1. The summed E-state index contributed by atoms with van der Waals surface area (Å²) in [5.41, 5.74) is 1.21. The first-order chi connectivity index (χ1) is 8.15. The minimum atomic E-state index is 0.544. The highest BCUT2D eigenvalue weighted by molar-refractivity contribution is 7.09. The summed E-state index contributed by atoms with van der Waals surface area (Å²) in [6.45, 7) is 8.34. The van der Waals surface area contributed by atoms with Crippen LogP contribution < -0.4 is 0 Å². The summed E-state index contributed by atoms with van der Waals surface area (Å²) in [6.07, 6.45) is 1.21. The van der Waals surface area contributed by atoms with Gasteiger partial charge in [-0.05, 0) is 19.4 Å². The largest absolute Gasteiger partial charge is 0.381 e. The third-order valence-electron chi connectivity index (χ3n) is 3.09. The maximum Gasteiger partial charge on any atom is 0.0954 e. The Kier molecular flexibility index (Phi) is 4.54. The van der Waals surface area contributed by atoms with Gasteiger partial charge in [0.05, 0.1) is 17.3 Å². The second-order valence-electron chi connectivity index (χ2n) is 5.26. The molecule has 0 saturated carbocycles. The fourth-order valence-corrected chi connectivity index (χ4v) is 3.00. The molecule has 0 radical (unpaired) electrons. The average Bonchev–Trinajstić information content (AvgIpc) is 2.88. The molecule has 2 rings (SSSR count). The van der Waals surface area contributed by atoms with Crippen LogP contribution in [0.3, 0.4) is 0 Å². The van der Waals surface area contributed by atoms with Crippen LogP contribution in [0.25, 0.3) is 0 Å². The van der Waals surface area contributed by atoms with Crippen LogP contribution in [0, 0.1) is 5.92 Å². The topological polar surface area (TPSA) is 25.4 Å². The van der Waals surface area contributed by atoms with Gasteiger partial charge in [-0.1, -0.05) is 13.8 Å². The third kappa shape index (κ3) is 3.76. The van der Waals surface area contributed by atoms with Crippen LogP contribution in [0.4, 0.5) is 0 Å². The Morgan fingerprint density at radius 1 is 1.59 bits per heavy atom. The minimum Gasteiger partial charge on any atom is -0.381 e. The van der Waals surface area contributed by atoms with E-state index in [1.54, 1.807) is 11.3 Å². The zero-order valence-electron chi connectivity index (χ0n) is 11.0. The van der Waals surface area contributed by atoms with Gasteiger partial charge in [0, 0.05) is 31.0 Å². The number of aromatic nitrogens is 1. The molecular weight excluding hydrogens is 232 g/mol. The van der Waals surface area contributed by atoms with E-state index in [-0.39, 0.29) is 0 Å². The van der Waals surface area contributed by atoms with E-state index < -0.39 is 0 Å². The van der Waals surface area contributed by atoms with E-state index in [1.807, 2.05) is 0 Å². The Hall–Kier alpha value is -0.450. The zero-order chi connectivity index (χ0) is 12.3. The molecule has 1 aliphatic rings. The van der Waals surface area contributed by atoms with Crippen molar-refractivity contribution in [2.45, 2.75) is 32.7 Å². The van der Waals surface area contributed by atoms with E-state index in [0.29, 0.717) is 11.8 Å². The van der Waals surface area contributed by atoms with Crippen molar-refractivity contribution in [2.24, 2.45) is 5.92 Å². The molecule has 0 N–H and O–H groups in total. The van der Waals surface area contributed by atoms with Crippen molar-refractivity contribution >= 4 is 11.3 Å². The van der Waals surface area contributed by atoms with Crippen LogP contribution in [0.15, 0.2) is 5.38 Å². The lowest BCUT2D eigenvalue weighted by atomic mass is 10.1. The van der Waals surface area contributed by atoms with Gasteiger partial charge in [-0.25, -0.2) is 4.98 Å². The predicted octanol–water partition coefficient (Wildman–Crippen LogP) is 2.73. The minimum absolute atomic E-state index is 0.544. The second-order valence-corrected chi connectivity index (χ2v) is 6.15. The van der Waals surface area contributed by atoms with Crippen LogP contribution in [0.1, 0.15) is 36.9 Å². The number of hydrogen-bond acceptors (Lipinski definition) is 4. The Labute approximate surface area is 108 Å². The van der Waals surface area contributed by atoms with E-state index in [1.165, 1.54) is 17.1 Å². The predicted molar refractivity (Wildman–Crippen MR) is 71.5 cm³/mol. The summed E-state index contributed by atoms with van der Waals surface area (Å²) in [5, 5.41) is 3.44. The van der Waals surface area contributed by atoms with Crippen LogP contribution in [0.5, 0.6) is 0 Å². The Bertz CT molecular complexity index is 345. The fraction of sp³-hybridized carbons (Fsp3) is 0.769. The molecule has 4 heteroatoms. The first-order valence-electron chi connectivity index (χ1n) is 6.35. The van der Waals surface area contributed by atoms with E-state index in [0.717, 1.165) is 26.3 Å². The van der Waals surface area contributed by atoms with Gasteiger partial charge in [0.25, 0.3) is 0 Å². The van der Waals surface area contributed by atoms with Crippen molar-refractivity contribution in [1.82, 2.24) is 9.88 Å². The van der Waals surface area contributed by atoms with Gasteiger partial charge in [0.15, 0.2) is 0 Å². The quantitative estimate of drug-likeness (QED) is 0.808. The molecular formula is C13H22N2OS. The van der Waals surface area contributed by atoms with Crippen molar-refractivity contribution in [2.75, 3.05) is 26.8 Å². The molecule has 0 aliphatic carbocycles. The first kappa shape index (κ1) is 13.0. The number of thiazole rings is 1. The molecule has 0 amide bonds. The van der Waals surface area contributed by atoms with E-state index in [4.69, 9.17) is 4.74 Å². The third-order valence-corrected chi connectivity index (χ3v) is 4.28. The summed E-state index contributed by atoms with van der Waals surface area (Å²) in [5.74, 6) is 1.26. The van der Waals surface area contributed by atoms with E-state index in [2.05, 4.69) is 36.2 Å². The molecule has 0 bridgehead atoms. The van der Waals surface area contributed by atoms with Gasteiger partial charge in [-0.2, -0.15) is 0 Å². The molecule has 3 nitrogen and oxygen atoms in total. The normalized spacial score (nSPS) is 20.6. The molecule has 1 atom stereocenters. The lowest BCUT2D eigenvalue weighted by Gasteiger charge is -2.18. The Morgan fingerprint density at radius 2 is 2.41 bits per heavy atom. The molecule has 1 aliphatic heterocycles. The van der Waals surface area contributed by atoms with Gasteiger partial charge in [0.1, 0.15) is 0 Å². The molecule has 0 spiro atoms. The van der Waals surface area contributed by atoms with Gasteiger partial charge >= 0.3 is 0 Å². The maximum atomic E-state index is 5.40. The summed E-state index contributed by atoms with van der Waals surface area (Å²) in [7, 11) is 2.17. The molecule has 2 heterocycles. The summed E-state index contributed by atoms with van der Waals surface area (Å²) in [4.78, 5) is 7.03. The smallest absolute Gasteiger partial charge is 0.0954 e. The SMILES string of the molecule is CC(C)c1nc(CN(C)C[C@H]2CCOC2)cs1. The first-order valence-corrected chi connectivity index (χ1v) is 7.23. The van der Waals surface area contributed by atoms with Gasteiger partial charge in [-0.15, -0.1) is 11.3 Å². The molecule has 1 fully saturated rings.